The molecule has 0 bridgehead atoms. The number of nitrogens with one attached hydrogen (secondary N) is 1. The van der Waals surface area contributed by atoms with Gasteiger partial charge in [0, 0.05) is 6.04 Å². The van der Waals surface area contributed by atoms with Gasteiger partial charge in [-0.2, -0.15) is 0 Å². The number of hydrogen-bond donors (Lipinski definition) is 2. The van der Waals surface area contributed by atoms with E-state index in [-0.39, 0.29) is 12.6 Å². The second-order valence-corrected chi connectivity index (χ2v) is 3.97. The topological polar surface area (TPSA) is 32.3 Å². The van der Waals surface area contributed by atoms with Gasteiger partial charge in [-0.25, -0.2) is 0 Å². The number of rotatable bonds is 4. The van der Waals surface area contributed by atoms with Crippen LogP contribution in [-0.4, -0.2) is 17.8 Å². The second kappa shape index (κ2) is 5.13. The lowest BCUT2D eigenvalue weighted by atomic mass is 10.1. The van der Waals surface area contributed by atoms with Crippen LogP contribution in [0.3, 0.4) is 0 Å². The number of aliphatic hydroxyl groups is 1. The maximum absolute atomic E-state index is 9.24. The molecule has 0 radical (unpaired) electrons. The van der Waals surface area contributed by atoms with Gasteiger partial charge >= 0.3 is 0 Å². The van der Waals surface area contributed by atoms with Gasteiger partial charge in [0.15, 0.2) is 0 Å². The molecule has 1 aromatic carbocycles. The van der Waals surface area contributed by atoms with E-state index in [2.05, 4.69) is 50.4 Å². The Balaban J connectivity index is 2.73. The molecule has 0 saturated carbocycles. The molecule has 78 valence electrons. The van der Waals surface area contributed by atoms with Crippen LogP contribution >= 0.6 is 0 Å². The average molecular weight is 193 g/mol. The molecule has 1 aromatic rings. The third kappa shape index (κ3) is 3.13. The molecule has 2 heteroatoms. The summed E-state index contributed by atoms with van der Waals surface area (Å²) in [4.78, 5) is 0. The SMILES string of the molecule is Cc1ccc([C@H](CO)NC(C)C)cc1. The highest BCUT2D eigenvalue weighted by molar-refractivity contribution is 5.24. The second-order valence-electron chi connectivity index (χ2n) is 3.97. The minimum atomic E-state index is 0.0515. The maximum Gasteiger partial charge on any atom is 0.0626 e. The van der Waals surface area contributed by atoms with Gasteiger partial charge in [0.1, 0.15) is 0 Å². The Hall–Kier alpha value is -0.860. The van der Waals surface area contributed by atoms with Gasteiger partial charge in [-0.05, 0) is 12.5 Å². The fourth-order valence-electron chi connectivity index (χ4n) is 1.46. The molecule has 0 fully saturated rings. The molecule has 0 saturated heterocycles. The van der Waals surface area contributed by atoms with E-state index in [4.69, 9.17) is 0 Å². The summed E-state index contributed by atoms with van der Waals surface area (Å²) in [5, 5.41) is 12.6. The smallest absolute Gasteiger partial charge is 0.0626 e. The van der Waals surface area contributed by atoms with Crippen LogP contribution < -0.4 is 5.32 Å². The number of aliphatic hydroxyl groups excluding tert-OH is 1. The van der Waals surface area contributed by atoms with E-state index in [1.165, 1.54) is 5.56 Å². The highest BCUT2D eigenvalue weighted by atomic mass is 16.3. The lowest BCUT2D eigenvalue weighted by Crippen LogP contribution is -2.30. The minimum Gasteiger partial charge on any atom is -0.394 e. The molecule has 1 atom stereocenters. The zero-order valence-corrected chi connectivity index (χ0v) is 9.12. The molecule has 0 aliphatic rings. The van der Waals surface area contributed by atoms with Crippen molar-refractivity contribution in [3.63, 3.8) is 0 Å². The van der Waals surface area contributed by atoms with Crippen LogP contribution in [0.1, 0.15) is 31.0 Å². The zero-order valence-electron chi connectivity index (χ0n) is 9.12. The Morgan fingerprint density at radius 3 is 2.21 bits per heavy atom. The summed E-state index contributed by atoms with van der Waals surface area (Å²) in [7, 11) is 0. The van der Waals surface area contributed by atoms with Crippen molar-refractivity contribution in [3.05, 3.63) is 35.4 Å². The normalized spacial score (nSPS) is 13.2. The van der Waals surface area contributed by atoms with E-state index in [1.54, 1.807) is 0 Å². The van der Waals surface area contributed by atoms with Crippen LogP contribution in [0.15, 0.2) is 24.3 Å². The molecule has 2 nitrogen and oxygen atoms in total. The van der Waals surface area contributed by atoms with E-state index in [1.807, 2.05) is 0 Å². The molecule has 0 aromatic heterocycles. The lowest BCUT2D eigenvalue weighted by molar-refractivity contribution is 0.237. The Labute approximate surface area is 86.0 Å². The lowest BCUT2D eigenvalue weighted by Gasteiger charge is -2.19. The Morgan fingerprint density at radius 2 is 1.79 bits per heavy atom. The van der Waals surface area contributed by atoms with Crippen molar-refractivity contribution in [1.29, 1.82) is 0 Å². The van der Waals surface area contributed by atoms with Crippen LogP contribution in [0.25, 0.3) is 0 Å². The van der Waals surface area contributed by atoms with Crippen LogP contribution in [0.2, 0.25) is 0 Å². The van der Waals surface area contributed by atoms with Crippen molar-refractivity contribution in [2.24, 2.45) is 0 Å². The average Bonchev–Trinajstić information content (AvgIpc) is 2.15. The van der Waals surface area contributed by atoms with Crippen LogP contribution in [0, 0.1) is 6.92 Å². The summed E-state index contributed by atoms with van der Waals surface area (Å²) in [5.41, 5.74) is 2.39. The van der Waals surface area contributed by atoms with E-state index >= 15 is 0 Å². The minimum absolute atomic E-state index is 0.0515. The van der Waals surface area contributed by atoms with Gasteiger partial charge in [0.25, 0.3) is 0 Å². The van der Waals surface area contributed by atoms with Crippen molar-refractivity contribution in [2.75, 3.05) is 6.61 Å². The van der Waals surface area contributed by atoms with Gasteiger partial charge < -0.3 is 10.4 Å². The van der Waals surface area contributed by atoms with Gasteiger partial charge in [0.05, 0.1) is 12.6 Å². The Morgan fingerprint density at radius 1 is 1.21 bits per heavy atom. The summed E-state index contributed by atoms with van der Waals surface area (Å²) < 4.78 is 0. The largest absolute Gasteiger partial charge is 0.394 e. The summed E-state index contributed by atoms with van der Waals surface area (Å²) in [6.07, 6.45) is 0. The molecular weight excluding hydrogens is 174 g/mol. The van der Waals surface area contributed by atoms with Crippen molar-refractivity contribution in [1.82, 2.24) is 5.32 Å². The van der Waals surface area contributed by atoms with Crippen LogP contribution in [0.5, 0.6) is 0 Å². The summed E-state index contributed by atoms with van der Waals surface area (Å²) >= 11 is 0. The highest BCUT2D eigenvalue weighted by Gasteiger charge is 2.10. The summed E-state index contributed by atoms with van der Waals surface area (Å²) in [6.45, 7) is 6.36. The molecule has 0 spiro atoms. The van der Waals surface area contributed by atoms with E-state index < -0.39 is 0 Å². The molecule has 0 unspecified atom stereocenters. The summed E-state index contributed by atoms with van der Waals surface area (Å²) in [5.74, 6) is 0. The maximum atomic E-state index is 9.24. The number of hydrogen-bond acceptors (Lipinski definition) is 2. The third-order valence-electron chi connectivity index (χ3n) is 2.20. The molecule has 0 aliphatic carbocycles. The predicted octanol–water partition coefficient (Wildman–Crippen LogP) is 2.03. The van der Waals surface area contributed by atoms with Crippen LogP contribution in [-0.2, 0) is 0 Å². The zero-order chi connectivity index (χ0) is 10.6. The molecule has 0 amide bonds. The highest BCUT2D eigenvalue weighted by Crippen LogP contribution is 2.13. The monoisotopic (exact) mass is 193 g/mol. The first kappa shape index (κ1) is 11.2. The molecule has 0 aliphatic heterocycles. The number of benzene rings is 1. The Kier molecular flexibility index (Phi) is 4.11. The van der Waals surface area contributed by atoms with Crippen molar-refractivity contribution >= 4 is 0 Å². The fourth-order valence-corrected chi connectivity index (χ4v) is 1.46. The van der Waals surface area contributed by atoms with Crippen molar-refractivity contribution < 1.29 is 5.11 Å². The standard InChI is InChI=1S/C12H19NO/c1-9(2)13-12(8-14)11-6-4-10(3)5-7-11/h4-7,9,12-14H,8H2,1-3H3/t12-/m0/s1. The van der Waals surface area contributed by atoms with E-state index in [0.717, 1.165) is 5.56 Å². The molecule has 2 N–H and O–H groups in total. The molecule has 14 heavy (non-hydrogen) atoms. The molecular formula is C12H19NO. The van der Waals surface area contributed by atoms with Gasteiger partial charge in [-0.1, -0.05) is 43.7 Å². The summed E-state index contributed by atoms with van der Waals surface area (Å²) in [6, 6.07) is 8.70. The van der Waals surface area contributed by atoms with Gasteiger partial charge in [0.2, 0.25) is 0 Å². The predicted molar refractivity (Wildman–Crippen MR) is 59.3 cm³/mol. The van der Waals surface area contributed by atoms with Gasteiger partial charge in [-0.3, -0.25) is 0 Å². The molecule has 0 heterocycles. The first-order valence-electron chi connectivity index (χ1n) is 5.07. The first-order valence-corrected chi connectivity index (χ1v) is 5.07. The first-order chi connectivity index (χ1) is 6.63. The van der Waals surface area contributed by atoms with Crippen molar-refractivity contribution in [3.8, 4) is 0 Å². The Bertz CT molecular complexity index is 266. The van der Waals surface area contributed by atoms with Crippen molar-refractivity contribution in [2.45, 2.75) is 32.9 Å². The molecule has 1 rings (SSSR count). The van der Waals surface area contributed by atoms with E-state index in [0.29, 0.717) is 6.04 Å². The van der Waals surface area contributed by atoms with Gasteiger partial charge in [-0.15, -0.1) is 0 Å². The van der Waals surface area contributed by atoms with Crippen LogP contribution in [0.4, 0.5) is 0 Å². The van der Waals surface area contributed by atoms with E-state index in [9.17, 15) is 5.11 Å². The quantitative estimate of drug-likeness (QED) is 0.767. The third-order valence-corrected chi connectivity index (χ3v) is 2.20. The fraction of sp³-hybridized carbons (Fsp3) is 0.500. The number of aryl methyl sites for hydroxylation is 1.